The van der Waals surface area contributed by atoms with Crippen LogP contribution in [0.15, 0.2) is 12.2 Å². The lowest BCUT2D eigenvalue weighted by atomic mass is 9.80. The highest BCUT2D eigenvalue weighted by Gasteiger charge is 2.37. The van der Waals surface area contributed by atoms with E-state index in [0.29, 0.717) is 5.54 Å². The minimum Gasteiger partial charge on any atom is -0.309 e. The van der Waals surface area contributed by atoms with E-state index in [1.165, 1.54) is 64.6 Å². The van der Waals surface area contributed by atoms with Gasteiger partial charge in [-0.3, -0.25) is 4.90 Å². The molecule has 2 fully saturated rings. The summed E-state index contributed by atoms with van der Waals surface area (Å²) in [6.45, 7) is 3.77. The summed E-state index contributed by atoms with van der Waals surface area (Å²) in [6.07, 6.45) is 14.4. The molecule has 3 aliphatic rings. The quantitative estimate of drug-likeness (QED) is 0.682. The van der Waals surface area contributed by atoms with E-state index >= 15 is 0 Å². The molecule has 0 aromatic carbocycles. The summed E-state index contributed by atoms with van der Waals surface area (Å²) in [4.78, 5) is 2.75. The van der Waals surface area contributed by atoms with Crippen molar-refractivity contribution in [1.82, 2.24) is 10.2 Å². The highest BCUT2D eigenvalue weighted by Crippen LogP contribution is 2.32. The van der Waals surface area contributed by atoms with Crippen LogP contribution in [0.3, 0.4) is 0 Å². The molecule has 2 heteroatoms. The molecule has 0 radical (unpaired) electrons. The second-order valence-corrected chi connectivity index (χ2v) is 5.83. The average molecular weight is 220 g/mol. The van der Waals surface area contributed by atoms with Crippen LogP contribution in [-0.4, -0.2) is 36.1 Å². The molecule has 0 bridgehead atoms. The van der Waals surface area contributed by atoms with E-state index in [1.54, 1.807) is 0 Å². The molecule has 1 saturated carbocycles. The molecular formula is C14H24N2. The molecule has 0 atom stereocenters. The Hall–Kier alpha value is -0.340. The van der Waals surface area contributed by atoms with Crippen LogP contribution in [0.2, 0.25) is 0 Å². The summed E-state index contributed by atoms with van der Waals surface area (Å²) in [5, 5.41) is 3.83. The molecule has 90 valence electrons. The van der Waals surface area contributed by atoms with Crippen molar-refractivity contribution < 1.29 is 0 Å². The number of piperazine rings is 1. The predicted molar refractivity (Wildman–Crippen MR) is 67.6 cm³/mol. The Morgan fingerprint density at radius 2 is 1.81 bits per heavy atom. The predicted octanol–water partition coefficient (Wildman–Crippen LogP) is 2.31. The first-order valence-electron chi connectivity index (χ1n) is 7.02. The number of hydrogen-bond acceptors (Lipinski definition) is 2. The van der Waals surface area contributed by atoms with Gasteiger partial charge in [-0.05, 0) is 25.7 Å². The summed E-state index contributed by atoms with van der Waals surface area (Å²) >= 11 is 0. The maximum atomic E-state index is 3.83. The fourth-order valence-electron chi connectivity index (χ4n) is 3.76. The zero-order chi connectivity index (χ0) is 10.8. The second-order valence-electron chi connectivity index (χ2n) is 5.83. The Morgan fingerprint density at radius 1 is 1.06 bits per heavy atom. The molecule has 16 heavy (non-hydrogen) atoms. The molecule has 3 rings (SSSR count). The van der Waals surface area contributed by atoms with Crippen molar-refractivity contribution in [2.45, 2.75) is 56.5 Å². The summed E-state index contributed by atoms with van der Waals surface area (Å²) in [7, 11) is 0. The SMILES string of the molecule is C1=CCC(N2CCNC3(CCCCC3)C2)C1. The monoisotopic (exact) mass is 220 g/mol. The van der Waals surface area contributed by atoms with Gasteiger partial charge in [-0.1, -0.05) is 31.4 Å². The van der Waals surface area contributed by atoms with Crippen molar-refractivity contribution in [1.29, 1.82) is 0 Å². The molecule has 0 aromatic rings. The van der Waals surface area contributed by atoms with E-state index in [4.69, 9.17) is 0 Å². The third-order valence-electron chi connectivity index (χ3n) is 4.71. The first-order valence-corrected chi connectivity index (χ1v) is 7.02. The van der Waals surface area contributed by atoms with Gasteiger partial charge in [-0.2, -0.15) is 0 Å². The maximum Gasteiger partial charge on any atom is 0.0309 e. The highest BCUT2D eigenvalue weighted by molar-refractivity contribution is 5.03. The lowest BCUT2D eigenvalue weighted by molar-refractivity contribution is 0.0714. The summed E-state index contributed by atoms with van der Waals surface area (Å²) in [5.74, 6) is 0. The number of hydrogen-bond donors (Lipinski definition) is 1. The van der Waals surface area contributed by atoms with Crippen LogP contribution in [0, 0.1) is 0 Å². The first-order chi connectivity index (χ1) is 7.88. The van der Waals surface area contributed by atoms with E-state index in [0.717, 1.165) is 6.04 Å². The molecule has 0 unspecified atom stereocenters. The molecular weight excluding hydrogens is 196 g/mol. The highest BCUT2D eigenvalue weighted by atomic mass is 15.2. The van der Waals surface area contributed by atoms with Crippen molar-refractivity contribution in [3.63, 3.8) is 0 Å². The topological polar surface area (TPSA) is 15.3 Å². The van der Waals surface area contributed by atoms with Crippen LogP contribution in [0.4, 0.5) is 0 Å². The smallest absolute Gasteiger partial charge is 0.0309 e. The van der Waals surface area contributed by atoms with Gasteiger partial charge in [0.15, 0.2) is 0 Å². The third kappa shape index (κ3) is 2.05. The second kappa shape index (κ2) is 4.50. The van der Waals surface area contributed by atoms with Crippen LogP contribution >= 0.6 is 0 Å². The van der Waals surface area contributed by atoms with E-state index in [2.05, 4.69) is 22.4 Å². The summed E-state index contributed by atoms with van der Waals surface area (Å²) in [6, 6.07) is 0.820. The molecule has 2 nitrogen and oxygen atoms in total. The fourth-order valence-corrected chi connectivity index (χ4v) is 3.76. The molecule has 1 aliphatic heterocycles. The normalized spacial score (nSPS) is 31.2. The number of nitrogens with zero attached hydrogens (tertiary/aromatic N) is 1. The van der Waals surface area contributed by atoms with E-state index in [-0.39, 0.29) is 0 Å². The fraction of sp³-hybridized carbons (Fsp3) is 0.857. The Kier molecular flexibility index (Phi) is 3.03. The third-order valence-corrected chi connectivity index (χ3v) is 4.71. The summed E-state index contributed by atoms with van der Waals surface area (Å²) < 4.78 is 0. The van der Waals surface area contributed by atoms with Gasteiger partial charge in [0.1, 0.15) is 0 Å². The molecule has 0 aromatic heterocycles. The Labute approximate surface area is 99.1 Å². The van der Waals surface area contributed by atoms with Gasteiger partial charge < -0.3 is 5.32 Å². The van der Waals surface area contributed by atoms with Crippen molar-refractivity contribution in [2.75, 3.05) is 19.6 Å². The molecule has 1 spiro atoms. The first kappa shape index (κ1) is 10.8. The maximum absolute atomic E-state index is 3.83. The lowest BCUT2D eigenvalue weighted by Crippen LogP contribution is -2.62. The van der Waals surface area contributed by atoms with Crippen LogP contribution < -0.4 is 5.32 Å². The van der Waals surface area contributed by atoms with Crippen LogP contribution in [0.1, 0.15) is 44.9 Å². The van der Waals surface area contributed by atoms with E-state index in [1.807, 2.05) is 0 Å². The van der Waals surface area contributed by atoms with Gasteiger partial charge in [0.05, 0.1) is 0 Å². The van der Waals surface area contributed by atoms with Gasteiger partial charge in [0.2, 0.25) is 0 Å². The lowest BCUT2D eigenvalue weighted by Gasteiger charge is -2.48. The Bertz CT molecular complexity index is 252. The van der Waals surface area contributed by atoms with Gasteiger partial charge in [-0.15, -0.1) is 0 Å². The Morgan fingerprint density at radius 3 is 2.56 bits per heavy atom. The molecule has 0 amide bonds. The number of rotatable bonds is 1. The largest absolute Gasteiger partial charge is 0.309 e. The zero-order valence-corrected chi connectivity index (χ0v) is 10.3. The van der Waals surface area contributed by atoms with E-state index in [9.17, 15) is 0 Å². The van der Waals surface area contributed by atoms with Crippen molar-refractivity contribution in [3.05, 3.63) is 12.2 Å². The average Bonchev–Trinajstić information content (AvgIpc) is 2.83. The van der Waals surface area contributed by atoms with Gasteiger partial charge in [0, 0.05) is 31.2 Å². The molecule has 1 N–H and O–H groups in total. The van der Waals surface area contributed by atoms with Crippen molar-refractivity contribution in [3.8, 4) is 0 Å². The standard InChI is InChI=1S/C14H24N2/c1-4-8-14(9-5-1)12-16(11-10-15-14)13-6-2-3-7-13/h2-3,13,15H,1,4-12H2. The minimum absolute atomic E-state index is 0.485. The summed E-state index contributed by atoms with van der Waals surface area (Å²) in [5.41, 5.74) is 0.485. The molecule has 1 heterocycles. The van der Waals surface area contributed by atoms with Gasteiger partial charge >= 0.3 is 0 Å². The van der Waals surface area contributed by atoms with Crippen molar-refractivity contribution >= 4 is 0 Å². The van der Waals surface area contributed by atoms with Crippen LogP contribution in [0.5, 0.6) is 0 Å². The van der Waals surface area contributed by atoms with Crippen LogP contribution in [0.25, 0.3) is 0 Å². The zero-order valence-electron chi connectivity index (χ0n) is 10.3. The van der Waals surface area contributed by atoms with Gasteiger partial charge in [-0.25, -0.2) is 0 Å². The molecule has 2 aliphatic carbocycles. The van der Waals surface area contributed by atoms with Crippen molar-refractivity contribution in [2.24, 2.45) is 0 Å². The van der Waals surface area contributed by atoms with Crippen LogP contribution in [-0.2, 0) is 0 Å². The Balaban J connectivity index is 1.64. The van der Waals surface area contributed by atoms with Gasteiger partial charge in [0.25, 0.3) is 0 Å². The van der Waals surface area contributed by atoms with E-state index < -0.39 is 0 Å². The number of nitrogens with one attached hydrogen (secondary N) is 1. The minimum atomic E-state index is 0.485. The molecule has 1 saturated heterocycles.